The topological polar surface area (TPSA) is 133 Å². The predicted octanol–water partition coefficient (Wildman–Crippen LogP) is 7.73. The van der Waals surface area contributed by atoms with Gasteiger partial charge in [-0.2, -0.15) is 0 Å². The van der Waals surface area contributed by atoms with Crippen LogP contribution in [0.3, 0.4) is 0 Å². The highest BCUT2D eigenvalue weighted by Gasteiger charge is 2.52. The third kappa shape index (κ3) is 8.41. The summed E-state index contributed by atoms with van der Waals surface area (Å²) in [5, 5.41) is 12.4. The lowest BCUT2D eigenvalue weighted by Crippen LogP contribution is -2.50. The molecule has 1 aliphatic heterocycles. The summed E-state index contributed by atoms with van der Waals surface area (Å²) in [6.07, 6.45) is -0.556. The number of aromatic nitrogens is 3. The Morgan fingerprint density at radius 1 is 0.817 bits per heavy atom. The Labute approximate surface area is 351 Å². The number of esters is 1. The number of benzene rings is 4. The molecule has 13 heteroatoms. The van der Waals surface area contributed by atoms with Gasteiger partial charge in [-0.05, 0) is 77.3 Å². The molecule has 0 radical (unpaired) electrons. The number of carbonyl (C=O) groups excluding carboxylic acids is 1. The second-order valence-electron chi connectivity index (χ2n) is 16.4. The van der Waals surface area contributed by atoms with E-state index in [1.54, 1.807) is 55.3 Å². The van der Waals surface area contributed by atoms with E-state index >= 15 is 0 Å². The first kappa shape index (κ1) is 42.5. The first-order valence-electron chi connectivity index (χ1n) is 20.1. The average molecular weight is 832 g/mol. The monoisotopic (exact) mass is 831 g/mol. The van der Waals surface area contributed by atoms with E-state index in [0.717, 1.165) is 16.7 Å². The molecule has 0 aliphatic carbocycles. The fourth-order valence-electron chi connectivity index (χ4n) is 7.36. The van der Waals surface area contributed by atoms with Crippen molar-refractivity contribution in [3.05, 3.63) is 160 Å². The Morgan fingerprint density at radius 3 is 1.95 bits per heavy atom. The van der Waals surface area contributed by atoms with Crippen LogP contribution in [0.2, 0.25) is 18.1 Å². The lowest BCUT2D eigenvalue weighted by Gasteiger charge is -2.41. The molecule has 314 valence electrons. The maximum Gasteiger partial charge on any atom is 0.338 e. The summed E-state index contributed by atoms with van der Waals surface area (Å²) in [6.45, 7) is 10.8. The van der Waals surface area contributed by atoms with Crippen LogP contribution < -0.4 is 15.0 Å². The van der Waals surface area contributed by atoms with Crippen LogP contribution in [0.1, 0.15) is 54.0 Å². The van der Waals surface area contributed by atoms with Gasteiger partial charge in [0.05, 0.1) is 38.3 Å². The number of hydrogen-bond donors (Lipinski definition) is 1. The Kier molecular flexibility index (Phi) is 12.5. The number of carbonyl (C=O) groups is 1. The van der Waals surface area contributed by atoms with E-state index in [4.69, 9.17) is 28.1 Å². The highest BCUT2D eigenvalue weighted by atomic mass is 28.4. The molecule has 3 heterocycles. The molecule has 4 atom stereocenters. The van der Waals surface area contributed by atoms with Gasteiger partial charge in [0.2, 0.25) is 0 Å². The minimum absolute atomic E-state index is 0.0148. The SMILES string of the molecule is COc1ccc(C(OC[C@H]2O[C@@H](n3ccc4c(=O)n(CCOC(=O)c5ccccc5)cnc43)[C@H](O)[C@@H]2O[Si](C)(C)C(C)(C)C)(c2ccccc2)c2ccc(OC)cc2)cc1. The summed E-state index contributed by atoms with van der Waals surface area (Å²) in [5.41, 5.74) is 1.88. The molecule has 1 saturated heterocycles. The lowest BCUT2D eigenvalue weighted by atomic mass is 9.80. The van der Waals surface area contributed by atoms with Crippen molar-refractivity contribution in [3.8, 4) is 11.5 Å². The molecule has 0 spiro atoms. The van der Waals surface area contributed by atoms with Gasteiger partial charge in [0.1, 0.15) is 54.0 Å². The van der Waals surface area contributed by atoms with Gasteiger partial charge in [0.25, 0.3) is 5.56 Å². The summed E-state index contributed by atoms with van der Waals surface area (Å²) in [5.74, 6) is 0.932. The van der Waals surface area contributed by atoms with Crippen molar-refractivity contribution in [1.82, 2.24) is 14.1 Å². The van der Waals surface area contributed by atoms with E-state index in [0.29, 0.717) is 28.1 Å². The molecular weight excluding hydrogens is 779 g/mol. The van der Waals surface area contributed by atoms with Crippen LogP contribution in [-0.4, -0.2) is 79.3 Å². The maximum absolute atomic E-state index is 13.7. The summed E-state index contributed by atoms with van der Waals surface area (Å²) < 4.78 is 40.7. The number of fused-ring (bicyclic) bond motifs is 1. The molecule has 60 heavy (non-hydrogen) atoms. The van der Waals surface area contributed by atoms with E-state index in [1.807, 2.05) is 84.9 Å². The highest BCUT2D eigenvalue weighted by Crippen LogP contribution is 2.45. The van der Waals surface area contributed by atoms with Gasteiger partial charge in [-0.25, -0.2) is 9.78 Å². The van der Waals surface area contributed by atoms with Crippen LogP contribution in [-0.2, 0) is 30.8 Å². The molecular formula is C47H53N3O9Si. The molecule has 4 aromatic carbocycles. The molecule has 0 amide bonds. The van der Waals surface area contributed by atoms with Gasteiger partial charge in [0, 0.05) is 6.20 Å². The molecule has 2 aromatic heterocycles. The van der Waals surface area contributed by atoms with Crippen LogP contribution in [0.5, 0.6) is 11.5 Å². The van der Waals surface area contributed by atoms with Gasteiger partial charge >= 0.3 is 5.97 Å². The van der Waals surface area contributed by atoms with Gasteiger partial charge < -0.3 is 37.8 Å². The predicted molar refractivity (Wildman–Crippen MR) is 231 cm³/mol. The average Bonchev–Trinajstić information content (AvgIpc) is 3.82. The van der Waals surface area contributed by atoms with Crippen molar-refractivity contribution < 1.29 is 38.0 Å². The van der Waals surface area contributed by atoms with Crippen molar-refractivity contribution >= 4 is 25.3 Å². The Hall–Kier alpha value is -5.57. The van der Waals surface area contributed by atoms with Crippen molar-refractivity contribution in [1.29, 1.82) is 0 Å². The first-order valence-corrected chi connectivity index (χ1v) is 23.0. The van der Waals surface area contributed by atoms with Crippen molar-refractivity contribution in [2.45, 2.75) is 75.6 Å². The third-order valence-electron chi connectivity index (χ3n) is 11.7. The van der Waals surface area contributed by atoms with Crippen LogP contribution in [0.15, 0.2) is 133 Å². The summed E-state index contributed by atoms with van der Waals surface area (Å²) in [4.78, 5) is 30.8. The molecule has 1 aliphatic rings. The molecule has 7 rings (SSSR count). The number of hydrogen-bond acceptors (Lipinski definition) is 10. The number of rotatable bonds is 15. The maximum atomic E-state index is 13.7. The van der Waals surface area contributed by atoms with Gasteiger partial charge in [-0.15, -0.1) is 0 Å². The highest BCUT2D eigenvalue weighted by molar-refractivity contribution is 6.74. The Morgan fingerprint density at radius 2 is 1.38 bits per heavy atom. The zero-order valence-corrected chi connectivity index (χ0v) is 36.1. The van der Waals surface area contributed by atoms with Gasteiger partial charge in [0.15, 0.2) is 14.5 Å². The number of nitrogens with zero attached hydrogens (tertiary/aromatic N) is 3. The normalized spacial score (nSPS) is 18.4. The smallest absolute Gasteiger partial charge is 0.338 e. The van der Waals surface area contributed by atoms with Gasteiger partial charge in [-0.1, -0.05) is 93.6 Å². The second kappa shape index (κ2) is 17.6. The number of ether oxygens (including phenoxy) is 5. The first-order chi connectivity index (χ1) is 28.8. The fourth-order valence-corrected chi connectivity index (χ4v) is 8.69. The minimum atomic E-state index is -2.51. The minimum Gasteiger partial charge on any atom is -0.497 e. The van der Waals surface area contributed by atoms with Crippen LogP contribution >= 0.6 is 0 Å². The molecule has 0 bridgehead atoms. The lowest BCUT2D eigenvalue weighted by molar-refractivity contribution is -0.0929. The largest absolute Gasteiger partial charge is 0.497 e. The molecule has 12 nitrogen and oxygen atoms in total. The van der Waals surface area contributed by atoms with Crippen molar-refractivity contribution in [2.24, 2.45) is 0 Å². The fraction of sp³-hybridized carbons (Fsp3) is 0.340. The third-order valence-corrected chi connectivity index (χ3v) is 16.2. The van der Waals surface area contributed by atoms with E-state index in [-0.39, 0.29) is 30.4 Å². The molecule has 1 N–H and O–H groups in total. The zero-order valence-electron chi connectivity index (χ0n) is 35.1. The molecule has 1 fully saturated rings. The van der Waals surface area contributed by atoms with E-state index in [2.05, 4.69) is 38.8 Å². The van der Waals surface area contributed by atoms with Crippen LogP contribution in [0.4, 0.5) is 0 Å². The summed E-state index contributed by atoms with van der Waals surface area (Å²) in [7, 11) is 0.757. The summed E-state index contributed by atoms with van der Waals surface area (Å²) in [6, 6.07) is 35.9. The molecule has 6 aromatic rings. The van der Waals surface area contributed by atoms with Crippen LogP contribution in [0, 0.1) is 0 Å². The zero-order chi connectivity index (χ0) is 42.7. The summed E-state index contributed by atoms with van der Waals surface area (Å²) >= 11 is 0. The Balaban J connectivity index is 1.23. The van der Waals surface area contributed by atoms with Gasteiger partial charge in [-0.3, -0.25) is 9.36 Å². The van der Waals surface area contributed by atoms with Crippen molar-refractivity contribution in [3.63, 3.8) is 0 Å². The van der Waals surface area contributed by atoms with E-state index in [1.165, 1.54) is 10.9 Å². The number of aliphatic hydroxyl groups is 1. The second-order valence-corrected chi connectivity index (χ2v) is 21.2. The molecule has 0 saturated carbocycles. The molecule has 0 unspecified atom stereocenters. The van der Waals surface area contributed by atoms with Crippen LogP contribution in [0.25, 0.3) is 11.0 Å². The van der Waals surface area contributed by atoms with E-state index < -0.39 is 44.4 Å². The number of methoxy groups -OCH3 is 2. The Bertz CT molecular complexity index is 2380. The standard InChI is InChI=1S/C47H53N3O9Si/c1-46(2,3)60(6,7)59-41-39(30-57-47(33-16-12-9-13-17-33,34-18-22-36(54-4)23-19-34)35-20-24-37(55-5)25-21-35)58-44(40(41)51)50-27-26-38-42(50)48-31-49(43(38)52)28-29-56-45(53)32-14-10-8-11-15-32/h8-27,31,39-41,44,51H,28-30H2,1-7H3/t39-,40-,41-,44-/m1/s1. The number of aliphatic hydroxyl groups excluding tert-OH is 1. The van der Waals surface area contributed by atoms with Crippen molar-refractivity contribution in [2.75, 3.05) is 27.4 Å². The quantitative estimate of drug-likeness (QED) is 0.0623. The van der Waals surface area contributed by atoms with E-state index in [9.17, 15) is 14.7 Å².